The molecule has 2 atom stereocenters. The van der Waals surface area contributed by atoms with Gasteiger partial charge in [-0.1, -0.05) is 47.9 Å². The van der Waals surface area contributed by atoms with Crippen molar-refractivity contribution in [1.29, 1.82) is 5.26 Å². The van der Waals surface area contributed by atoms with Gasteiger partial charge in [0.2, 0.25) is 11.7 Å². The molecule has 1 aromatic heterocycles. The van der Waals surface area contributed by atoms with E-state index in [1.165, 1.54) is 0 Å². The van der Waals surface area contributed by atoms with Gasteiger partial charge in [-0.2, -0.15) is 5.26 Å². The largest absolute Gasteiger partial charge is 0.472 e. The predicted octanol–water partition coefficient (Wildman–Crippen LogP) is 3.34. The van der Waals surface area contributed by atoms with Crippen LogP contribution in [0.1, 0.15) is 36.8 Å². The van der Waals surface area contributed by atoms with Crippen LogP contribution in [0.5, 0.6) is 5.88 Å². The van der Waals surface area contributed by atoms with Crippen molar-refractivity contribution in [2.45, 2.75) is 32.3 Å². The lowest BCUT2D eigenvalue weighted by Gasteiger charge is -2.21. The second-order valence-corrected chi connectivity index (χ2v) is 6.95. The van der Waals surface area contributed by atoms with E-state index in [4.69, 9.17) is 10.5 Å². The second kappa shape index (κ2) is 7.58. The van der Waals surface area contributed by atoms with Gasteiger partial charge in [0.25, 0.3) is 5.69 Å². The van der Waals surface area contributed by atoms with Crippen molar-refractivity contribution in [3.05, 3.63) is 53.7 Å². The highest BCUT2D eigenvalue weighted by Crippen LogP contribution is 2.33. The molecule has 27 heavy (non-hydrogen) atoms. The number of nitrogens with two attached hydrogens (primary N) is 1. The molecule has 0 amide bonds. The van der Waals surface area contributed by atoms with Crippen LogP contribution in [0.2, 0.25) is 0 Å². The number of rotatable bonds is 4. The third-order valence-electron chi connectivity index (χ3n) is 5.15. The van der Waals surface area contributed by atoms with Gasteiger partial charge in [-0.3, -0.25) is 0 Å². The third kappa shape index (κ3) is 3.54. The van der Waals surface area contributed by atoms with Crippen LogP contribution in [0.3, 0.4) is 0 Å². The van der Waals surface area contributed by atoms with Crippen molar-refractivity contribution in [2.75, 3.05) is 0 Å². The summed E-state index contributed by atoms with van der Waals surface area (Å²) >= 11 is 0. The molecule has 4 rings (SSSR count). The van der Waals surface area contributed by atoms with Gasteiger partial charge in [0, 0.05) is 17.4 Å². The molecule has 0 spiro atoms. The molecule has 136 valence electrons. The third-order valence-corrected chi connectivity index (χ3v) is 5.15. The fourth-order valence-electron chi connectivity index (χ4n) is 3.71. The Balaban J connectivity index is 1.61. The summed E-state index contributed by atoms with van der Waals surface area (Å²) in [5.74, 6) is 1.10. The average molecular weight is 360 g/mol. The lowest BCUT2D eigenvalue weighted by atomic mass is 9.81. The fourth-order valence-corrected chi connectivity index (χ4v) is 3.71. The van der Waals surface area contributed by atoms with E-state index in [0.29, 0.717) is 23.9 Å². The number of fused-ring (bicyclic) bond motifs is 1. The normalized spacial score (nSPS) is 22.8. The Bertz CT molecular complexity index is 929. The average Bonchev–Trinajstić information content (AvgIpc) is 3.04. The molecule has 2 aromatic rings. The van der Waals surface area contributed by atoms with Crippen molar-refractivity contribution in [3.8, 4) is 11.9 Å². The predicted molar refractivity (Wildman–Crippen MR) is 103 cm³/mol. The van der Waals surface area contributed by atoms with Crippen LogP contribution in [0.4, 0.5) is 5.69 Å². The van der Waals surface area contributed by atoms with Gasteiger partial charge < -0.3 is 10.5 Å². The zero-order chi connectivity index (χ0) is 18.6. The van der Waals surface area contributed by atoms with E-state index in [1.807, 2.05) is 42.6 Å². The zero-order valence-electron chi connectivity index (χ0n) is 15.1. The van der Waals surface area contributed by atoms with Crippen LogP contribution < -0.4 is 10.5 Å². The fraction of sp³-hybridized carbons (Fsp3) is 0.333. The first-order valence-corrected chi connectivity index (χ1v) is 9.30. The van der Waals surface area contributed by atoms with Crippen LogP contribution >= 0.6 is 0 Å². The number of benzene rings is 1. The first-order chi connectivity index (χ1) is 13.3. The summed E-state index contributed by atoms with van der Waals surface area (Å²) in [6.45, 7) is 0.417. The molecule has 1 saturated carbocycles. The molecule has 6 nitrogen and oxygen atoms in total. The molecule has 2 unspecified atom stereocenters. The van der Waals surface area contributed by atoms with Gasteiger partial charge in [-0.25, -0.2) is 4.98 Å². The topological polar surface area (TPSA) is 87.3 Å². The minimum absolute atomic E-state index is 0.0369. The Morgan fingerprint density at radius 3 is 2.85 bits per heavy atom. The van der Waals surface area contributed by atoms with Crippen LogP contribution in [0.15, 0.2) is 47.7 Å². The molecule has 2 heterocycles. The smallest absolute Gasteiger partial charge is 0.255 e. The summed E-state index contributed by atoms with van der Waals surface area (Å²) in [5, 5.41) is 13.9. The molecule has 1 aromatic carbocycles. The molecule has 2 N–H and O–H groups in total. The van der Waals surface area contributed by atoms with Crippen molar-refractivity contribution in [3.63, 3.8) is 0 Å². The van der Waals surface area contributed by atoms with Gasteiger partial charge >= 0.3 is 0 Å². The van der Waals surface area contributed by atoms with Gasteiger partial charge in [0.05, 0.1) is 17.9 Å². The number of hydrogen-bond donors (Lipinski definition) is 1. The Labute approximate surface area is 158 Å². The van der Waals surface area contributed by atoms with Gasteiger partial charge in [0.1, 0.15) is 6.61 Å². The number of amidine groups is 1. The van der Waals surface area contributed by atoms with E-state index in [0.717, 1.165) is 36.9 Å². The van der Waals surface area contributed by atoms with Crippen LogP contribution in [-0.4, -0.2) is 21.7 Å². The maximum Gasteiger partial charge on any atom is 0.255 e. The molecule has 0 saturated heterocycles. The summed E-state index contributed by atoms with van der Waals surface area (Å²) in [4.78, 5) is 4.35. The second-order valence-electron chi connectivity index (χ2n) is 6.95. The molecular weight excluding hydrogens is 338 g/mol. The lowest BCUT2D eigenvalue weighted by Crippen LogP contribution is -2.22. The number of nitriles is 1. The van der Waals surface area contributed by atoms with Crippen molar-refractivity contribution in [2.24, 2.45) is 22.7 Å². The number of aromatic nitrogens is 1. The zero-order valence-corrected chi connectivity index (χ0v) is 15.1. The Morgan fingerprint density at radius 2 is 2.04 bits per heavy atom. The standard InChI is InChI=1S/C21H22N5O/c22-12-16-8-4-5-9-17(16)13-26-18-10-11-24-21(19(18)20(23)25-26)27-14-15-6-2-1-3-7-15/h1-3,6-7,10-11,13,16-17H,4-5,8-9,14H2,(H2,23,25)/q+1. The van der Waals surface area contributed by atoms with Crippen molar-refractivity contribution in [1.82, 2.24) is 4.98 Å². The maximum absolute atomic E-state index is 9.43. The van der Waals surface area contributed by atoms with Crippen molar-refractivity contribution < 1.29 is 9.42 Å². The van der Waals surface area contributed by atoms with Crippen LogP contribution in [0, 0.1) is 23.2 Å². The minimum atomic E-state index is 0.0369. The highest BCUT2D eigenvalue weighted by Gasteiger charge is 2.34. The highest BCUT2D eigenvalue weighted by atomic mass is 16.5. The van der Waals surface area contributed by atoms with Crippen molar-refractivity contribution >= 4 is 17.7 Å². The highest BCUT2D eigenvalue weighted by molar-refractivity contribution is 6.04. The summed E-state index contributed by atoms with van der Waals surface area (Å²) in [6.07, 6.45) is 7.94. The van der Waals surface area contributed by atoms with E-state index in [-0.39, 0.29) is 11.8 Å². The van der Waals surface area contributed by atoms with E-state index in [2.05, 4.69) is 16.2 Å². The van der Waals surface area contributed by atoms with Gasteiger partial charge in [0.15, 0.2) is 11.8 Å². The number of ether oxygens (including phenoxy) is 1. The van der Waals surface area contributed by atoms with Gasteiger partial charge in [-0.05, 0) is 18.4 Å². The molecular formula is C21H22N5O+. The summed E-state index contributed by atoms with van der Waals surface area (Å²) in [5.41, 5.74) is 8.82. The number of hydrazone groups is 1. The Morgan fingerprint density at radius 1 is 1.22 bits per heavy atom. The number of nitrogens with zero attached hydrogens (tertiary/aromatic N) is 4. The molecule has 1 aliphatic carbocycles. The number of pyridine rings is 1. The SMILES string of the molecule is N#CC1CCCCC1C=[N+]1N=C(N)c2c1ccnc2OCc1ccccc1. The van der Waals surface area contributed by atoms with Gasteiger partial charge in [-0.15, -0.1) is 0 Å². The maximum atomic E-state index is 9.43. The number of hydrogen-bond acceptors (Lipinski definition) is 5. The molecule has 1 fully saturated rings. The molecule has 0 bridgehead atoms. The molecule has 0 radical (unpaired) electrons. The molecule has 6 heteroatoms. The summed E-state index contributed by atoms with van der Waals surface area (Å²) < 4.78 is 7.71. The Hall–Kier alpha value is -3.20. The lowest BCUT2D eigenvalue weighted by molar-refractivity contribution is -0.439. The molecule has 1 aliphatic heterocycles. The van der Waals surface area contributed by atoms with E-state index >= 15 is 0 Å². The Kier molecular flexibility index (Phi) is 4.84. The van der Waals surface area contributed by atoms with Crippen LogP contribution in [-0.2, 0) is 6.61 Å². The quantitative estimate of drug-likeness (QED) is 0.847. The summed E-state index contributed by atoms with van der Waals surface area (Å²) in [6, 6.07) is 14.3. The van der Waals surface area contributed by atoms with E-state index in [1.54, 1.807) is 10.9 Å². The first kappa shape index (κ1) is 17.2. The monoisotopic (exact) mass is 360 g/mol. The minimum Gasteiger partial charge on any atom is -0.472 e. The van der Waals surface area contributed by atoms with Crippen LogP contribution in [0.25, 0.3) is 0 Å². The molecule has 2 aliphatic rings. The summed E-state index contributed by atoms with van der Waals surface area (Å²) in [7, 11) is 0. The van der Waals surface area contributed by atoms with E-state index in [9.17, 15) is 5.26 Å². The van der Waals surface area contributed by atoms with E-state index < -0.39 is 0 Å². The first-order valence-electron chi connectivity index (χ1n) is 9.30.